The SMILES string of the molecule is O=C(N[C@@H]1[C@H](O)[C@@H](CO)O[C@H]1n1cnc2c(NCc3ccccc3)ncnc21)c1ccc(-c2ccccc2)cc1. The molecule has 3 aromatic carbocycles. The molecule has 4 atom stereocenters. The van der Waals surface area contributed by atoms with Crippen molar-refractivity contribution in [2.24, 2.45) is 0 Å². The van der Waals surface area contributed by atoms with Crippen molar-refractivity contribution in [2.75, 3.05) is 11.9 Å². The number of nitrogens with zero attached hydrogens (tertiary/aromatic N) is 4. The van der Waals surface area contributed by atoms with Crippen LogP contribution in [-0.2, 0) is 11.3 Å². The van der Waals surface area contributed by atoms with Gasteiger partial charge in [0, 0.05) is 12.1 Å². The Balaban J connectivity index is 1.24. The number of rotatable bonds is 8. The predicted molar refractivity (Wildman–Crippen MR) is 149 cm³/mol. The van der Waals surface area contributed by atoms with Crippen LogP contribution in [0, 0.1) is 0 Å². The second-order valence-electron chi connectivity index (χ2n) is 9.57. The topological polar surface area (TPSA) is 134 Å². The van der Waals surface area contributed by atoms with E-state index in [0.29, 0.717) is 29.1 Å². The summed E-state index contributed by atoms with van der Waals surface area (Å²) in [6.45, 7) is 0.133. The van der Waals surface area contributed by atoms with Gasteiger partial charge in [0.2, 0.25) is 0 Å². The summed E-state index contributed by atoms with van der Waals surface area (Å²) in [5.41, 5.74) is 4.54. The Kier molecular flexibility index (Phi) is 7.19. The number of aliphatic hydroxyl groups is 2. The zero-order valence-electron chi connectivity index (χ0n) is 21.5. The standard InChI is InChI=1S/C30H28N6O4/c37-16-23-26(38)24(35-29(39)22-13-11-21(12-14-22)20-9-5-2-6-10-20)30(40-23)36-18-34-25-27(32-17-33-28(25)36)31-15-19-7-3-1-4-8-19/h1-14,17-18,23-24,26,30,37-38H,15-16H2,(H,35,39)(H,31,32,33)/t23-,24-,26-,30-/m1/s1. The normalized spacial score (nSPS) is 20.4. The molecule has 4 N–H and O–H groups in total. The van der Waals surface area contributed by atoms with Crippen LogP contribution in [0.2, 0.25) is 0 Å². The van der Waals surface area contributed by atoms with E-state index < -0.39 is 31.1 Å². The van der Waals surface area contributed by atoms with Gasteiger partial charge in [-0.1, -0.05) is 72.8 Å². The second-order valence-corrected chi connectivity index (χ2v) is 9.57. The minimum atomic E-state index is -1.16. The Labute approximate surface area is 230 Å². The fourth-order valence-electron chi connectivity index (χ4n) is 4.92. The number of aliphatic hydroxyl groups excluding tert-OH is 2. The van der Waals surface area contributed by atoms with Crippen molar-refractivity contribution < 1.29 is 19.7 Å². The molecule has 2 aromatic heterocycles. The number of amides is 1. The molecular formula is C30H28N6O4. The third-order valence-corrected chi connectivity index (χ3v) is 7.04. The van der Waals surface area contributed by atoms with Crippen LogP contribution in [-0.4, -0.2) is 60.5 Å². The molecule has 0 saturated carbocycles. The van der Waals surface area contributed by atoms with Crippen molar-refractivity contribution in [1.82, 2.24) is 24.8 Å². The first-order valence-electron chi connectivity index (χ1n) is 13.0. The molecule has 1 fully saturated rings. The van der Waals surface area contributed by atoms with E-state index in [2.05, 4.69) is 25.6 Å². The molecular weight excluding hydrogens is 508 g/mol. The summed E-state index contributed by atoms with van der Waals surface area (Å²) in [5.74, 6) is 0.170. The molecule has 3 heterocycles. The zero-order valence-corrected chi connectivity index (χ0v) is 21.5. The van der Waals surface area contributed by atoms with Gasteiger partial charge in [-0.15, -0.1) is 0 Å². The Morgan fingerprint density at radius 3 is 2.33 bits per heavy atom. The summed E-state index contributed by atoms with van der Waals surface area (Å²) >= 11 is 0. The van der Waals surface area contributed by atoms with Crippen LogP contribution in [0.1, 0.15) is 22.1 Å². The van der Waals surface area contributed by atoms with Crippen molar-refractivity contribution in [3.63, 3.8) is 0 Å². The molecule has 1 aliphatic rings. The van der Waals surface area contributed by atoms with Gasteiger partial charge in [0.25, 0.3) is 5.91 Å². The predicted octanol–water partition coefficient (Wildman–Crippen LogP) is 3.15. The highest BCUT2D eigenvalue weighted by Crippen LogP contribution is 2.32. The number of fused-ring (bicyclic) bond motifs is 1. The van der Waals surface area contributed by atoms with Gasteiger partial charge in [0.15, 0.2) is 23.2 Å². The van der Waals surface area contributed by atoms with Gasteiger partial charge >= 0.3 is 0 Å². The van der Waals surface area contributed by atoms with Gasteiger partial charge in [0.1, 0.15) is 24.6 Å². The van der Waals surface area contributed by atoms with E-state index in [1.54, 1.807) is 16.7 Å². The van der Waals surface area contributed by atoms with Crippen LogP contribution in [0.15, 0.2) is 97.6 Å². The van der Waals surface area contributed by atoms with Gasteiger partial charge in [-0.05, 0) is 28.8 Å². The van der Waals surface area contributed by atoms with Gasteiger partial charge in [0.05, 0.1) is 12.9 Å². The fraction of sp³-hybridized carbons (Fsp3) is 0.200. The number of imidazole rings is 1. The molecule has 40 heavy (non-hydrogen) atoms. The highest BCUT2D eigenvalue weighted by molar-refractivity contribution is 5.95. The van der Waals surface area contributed by atoms with Crippen LogP contribution in [0.4, 0.5) is 5.82 Å². The van der Waals surface area contributed by atoms with E-state index in [0.717, 1.165) is 16.7 Å². The Hall–Kier alpha value is -4.64. The molecule has 0 bridgehead atoms. The number of benzene rings is 3. The van der Waals surface area contributed by atoms with E-state index in [9.17, 15) is 15.0 Å². The Morgan fingerprint density at radius 2 is 1.60 bits per heavy atom. The van der Waals surface area contributed by atoms with Crippen molar-refractivity contribution >= 4 is 22.9 Å². The number of nitrogens with one attached hydrogen (secondary N) is 2. The highest BCUT2D eigenvalue weighted by Gasteiger charge is 2.46. The number of ether oxygens (including phenoxy) is 1. The number of hydrogen-bond donors (Lipinski definition) is 4. The zero-order chi connectivity index (χ0) is 27.5. The molecule has 0 unspecified atom stereocenters. The van der Waals surface area contributed by atoms with Gasteiger partial charge < -0.3 is 25.6 Å². The lowest BCUT2D eigenvalue weighted by atomic mass is 10.0. The summed E-state index contributed by atoms with van der Waals surface area (Å²) < 4.78 is 7.64. The summed E-state index contributed by atoms with van der Waals surface area (Å²) in [6.07, 6.45) is 0.0487. The van der Waals surface area contributed by atoms with Crippen LogP contribution in [0.25, 0.3) is 22.3 Å². The van der Waals surface area contributed by atoms with E-state index in [1.807, 2.05) is 72.8 Å². The largest absolute Gasteiger partial charge is 0.394 e. The second kappa shape index (κ2) is 11.2. The molecule has 0 radical (unpaired) electrons. The first-order chi connectivity index (χ1) is 19.6. The molecule has 10 heteroatoms. The van der Waals surface area contributed by atoms with Crippen molar-refractivity contribution in [1.29, 1.82) is 0 Å². The van der Waals surface area contributed by atoms with Crippen LogP contribution < -0.4 is 10.6 Å². The van der Waals surface area contributed by atoms with Crippen molar-refractivity contribution in [3.05, 3.63) is 109 Å². The molecule has 202 valence electrons. The number of aromatic nitrogens is 4. The van der Waals surface area contributed by atoms with E-state index in [1.165, 1.54) is 12.7 Å². The maximum atomic E-state index is 13.2. The van der Waals surface area contributed by atoms with E-state index in [4.69, 9.17) is 4.74 Å². The summed E-state index contributed by atoms with van der Waals surface area (Å²) in [4.78, 5) is 26.5. The third-order valence-electron chi connectivity index (χ3n) is 7.04. The van der Waals surface area contributed by atoms with Crippen LogP contribution in [0.3, 0.4) is 0 Å². The summed E-state index contributed by atoms with van der Waals surface area (Å²) in [5, 5.41) is 27.0. The molecule has 6 rings (SSSR count). The lowest BCUT2D eigenvalue weighted by molar-refractivity contribution is -0.0440. The molecule has 1 aliphatic heterocycles. The lowest BCUT2D eigenvalue weighted by Gasteiger charge is -2.23. The fourth-order valence-corrected chi connectivity index (χ4v) is 4.92. The molecule has 1 amide bonds. The van der Waals surface area contributed by atoms with Crippen LogP contribution >= 0.6 is 0 Å². The minimum Gasteiger partial charge on any atom is -0.394 e. The molecule has 10 nitrogen and oxygen atoms in total. The smallest absolute Gasteiger partial charge is 0.251 e. The maximum Gasteiger partial charge on any atom is 0.251 e. The molecule has 1 saturated heterocycles. The first-order valence-corrected chi connectivity index (χ1v) is 13.0. The maximum absolute atomic E-state index is 13.2. The average Bonchev–Trinajstić information content (AvgIpc) is 3.58. The molecule has 5 aromatic rings. The number of anilines is 1. The molecule has 0 spiro atoms. The lowest BCUT2D eigenvalue weighted by Crippen LogP contribution is -2.46. The van der Waals surface area contributed by atoms with Crippen LogP contribution in [0.5, 0.6) is 0 Å². The van der Waals surface area contributed by atoms with Gasteiger partial charge in [-0.2, -0.15) is 0 Å². The average molecular weight is 537 g/mol. The number of carbonyl (C=O) groups is 1. The summed E-state index contributed by atoms with van der Waals surface area (Å²) in [7, 11) is 0. The van der Waals surface area contributed by atoms with E-state index in [-0.39, 0.29) is 5.91 Å². The summed E-state index contributed by atoms with van der Waals surface area (Å²) in [6, 6.07) is 26.2. The minimum absolute atomic E-state index is 0.375. The quantitative estimate of drug-likeness (QED) is 0.238. The number of carbonyl (C=O) groups excluding carboxylic acids is 1. The first kappa shape index (κ1) is 25.6. The highest BCUT2D eigenvalue weighted by atomic mass is 16.5. The van der Waals surface area contributed by atoms with Gasteiger partial charge in [-0.25, -0.2) is 15.0 Å². The van der Waals surface area contributed by atoms with Crippen molar-refractivity contribution in [2.45, 2.75) is 31.0 Å². The number of hydrogen-bond acceptors (Lipinski definition) is 8. The van der Waals surface area contributed by atoms with Crippen molar-refractivity contribution in [3.8, 4) is 11.1 Å². The third kappa shape index (κ3) is 5.03. The van der Waals surface area contributed by atoms with Gasteiger partial charge in [-0.3, -0.25) is 9.36 Å². The Morgan fingerprint density at radius 1 is 0.900 bits per heavy atom. The molecule has 0 aliphatic carbocycles. The Bertz CT molecular complexity index is 1590. The van der Waals surface area contributed by atoms with E-state index >= 15 is 0 Å². The monoisotopic (exact) mass is 536 g/mol.